The summed E-state index contributed by atoms with van der Waals surface area (Å²) in [5, 5.41) is 4.71. The van der Waals surface area contributed by atoms with Crippen molar-refractivity contribution in [1.29, 1.82) is 0 Å². The van der Waals surface area contributed by atoms with Crippen molar-refractivity contribution in [2.45, 2.75) is 37.5 Å². The third-order valence-electron chi connectivity index (χ3n) is 5.46. The van der Waals surface area contributed by atoms with Gasteiger partial charge >= 0.3 is 0 Å². The van der Waals surface area contributed by atoms with Crippen LogP contribution in [0.25, 0.3) is 11.4 Å². The Kier molecular flexibility index (Phi) is 5.46. The fraction of sp³-hybridized carbons (Fsp3) is 0.333. The number of hydrogen-bond donors (Lipinski definition) is 0. The second-order valence-corrected chi connectivity index (χ2v) is 9.76. The first-order chi connectivity index (χ1) is 13.8. The van der Waals surface area contributed by atoms with Crippen LogP contribution in [0.1, 0.15) is 35.8 Å². The summed E-state index contributed by atoms with van der Waals surface area (Å²) in [5.74, 6) is 1.12. The van der Waals surface area contributed by atoms with Crippen molar-refractivity contribution >= 4 is 21.6 Å². The first-order valence-corrected chi connectivity index (χ1v) is 11.3. The number of nitrogens with zero attached hydrogens (tertiary/aromatic N) is 3. The van der Waals surface area contributed by atoms with Gasteiger partial charge in [0, 0.05) is 29.6 Å². The molecular weight excluding hydrogens is 410 g/mol. The second-order valence-electron chi connectivity index (χ2n) is 7.39. The lowest BCUT2D eigenvalue weighted by molar-refractivity contribution is 0.271. The van der Waals surface area contributed by atoms with Crippen molar-refractivity contribution in [3.63, 3.8) is 0 Å². The number of benzene rings is 2. The zero-order valence-electron chi connectivity index (χ0n) is 16.3. The number of rotatable bonds is 4. The highest BCUT2D eigenvalue weighted by molar-refractivity contribution is 7.89. The van der Waals surface area contributed by atoms with E-state index in [4.69, 9.17) is 16.1 Å². The number of sulfonamides is 1. The molecule has 0 saturated carbocycles. The zero-order valence-corrected chi connectivity index (χ0v) is 17.9. The molecule has 1 fully saturated rings. The molecule has 152 valence electrons. The van der Waals surface area contributed by atoms with Gasteiger partial charge in [-0.1, -0.05) is 22.8 Å². The summed E-state index contributed by atoms with van der Waals surface area (Å²) in [6.07, 6.45) is 1.29. The molecule has 1 aromatic heterocycles. The molecule has 2 heterocycles. The summed E-state index contributed by atoms with van der Waals surface area (Å²) in [5.41, 5.74) is 2.89. The molecule has 0 unspecified atom stereocenters. The second kappa shape index (κ2) is 7.89. The maximum absolute atomic E-state index is 13.0. The Morgan fingerprint density at radius 1 is 1.03 bits per heavy atom. The van der Waals surface area contributed by atoms with E-state index in [1.807, 2.05) is 32.0 Å². The topological polar surface area (TPSA) is 76.3 Å². The minimum Gasteiger partial charge on any atom is -0.339 e. The molecule has 6 nitrogen and oxygen atoms in total. The Morgan fingerprint density at radius 3 is 2.38 bits per heavy atom. The molecule has 1 aliphatic heterocycles. The van der Waals surface area contributed by atoms with Crippen LogP contribution in [0.3, 0.4) is 0 Å². The highest BCUT2D eigenvalue weighted by Crippen LogP contribution is 2.31. The molecule has 0 radical (unpaired) electrons. The fourth-order valence-corrected chi connectivity index (χ4v) is 5.17. The van der Waals surface area contributed by atoms with Crippen LogP contribution in [0.4, 0.5) is 0 Å². The zero-order chi connectivity index (χ0) is 20.6. The van der Waals surface area contributed by atoms with Gasteiger partial charge in [0.1, 0.15) is 0 Å². The van der Waals surface area contributed by atoms with Gasteiger partial charge in [-0.25, -0.2) is 8.42 Å². The third kappa shape index (κ3) is 4.08. The maximum atomic E-state index is 13.0. The van der Waals surface area contributed by atoms with Crippen molar-refractivity contribution in [2.75, 3.05) is 13.1 Å². The lowest BCUT2D eigenvalue weighted by Gasteiger charge is -2.29. The van der Waals surface area contributed by atoms with E-state index in [2.05, 4.69) is 10.1 Å². The monoisotopic (exact) mass is 431 g/mol. The van der Waals surface area contributed by atoms with Crippen molar-refractivity contribution in [3.8, 4) is 11.4 Å². The van der Waals surface area contributed by atoms with Crippen LogP contribution in [0.5, 0.6) is 0 Å². The van der Waals surface area contributed by atoms with Crippen molar-refractivity contribution in [1.82, 2.24) is 14.4 Å². The molecule has 0 atom stereocenters. The van der Waals surface area contributed by atoms with Gasteiger partial charge in [-0.05, 0) is 74.2 Å². The van der Waals surface area contributed by atoms with Crippen molar-refractivity contribution < 1.29 is 12.9 Å². The van der Waals surface area contributed by atoms with E-state index in [1.54, 1.807) is 28.6 Å². The van der Waals surface area contributed by atoms with Crippen molar-refractivity contribution in [2.24, 2.45) is 0 Å². The van der Waals surface area contributed by atoms with E-state index in [9.17, 15) is 8.42 Å². The summed E-state index contributed by atoms with van der Waals surface area (Å²) in [4.78, 5) is 4.86. The van der Waals surface area contributed by atoms with Gasteiger partial charge in [-0.3, -0.25) is 0 Å². The van der Waals surface area contributed by atoms with Crippen LogP contribution in [-0.4, -0.2) is 36.0 Å². The molecule has 2 aromatic carbocycles. The maximum Gasteiger partial charge on any atom is 0.243 e. The first-order valence-electron chi connectivity index (χ1n) is 9.51. The normalized spacial score (nSPS) is 16.2. The van der Waals surface area contributed by atoms with Gasteiger partial charge in [-0.2, -0.15) is 9.29 Å². The van der Waals surface area contributed by atoms with Crippen LogP contribution in [0, 0.1) is 13.8 Å². The Balaban J connectivity index is 1.45. The van der Waals surface area contributed by atoms with Gasteiger partial charge in [0.15, 0.2) is 0 Å². The number of hydrogen-bond acceptors (Lipinski definition) is 5. The summed E-state index contributed by atoms with van der Waals surface area (Å²) in [6.45, 7) is 4.76. The number of halogens is 1. The lowest BCUT2D eigenvalue weighted by Crippen LogP contribution is -2.38. The minimum atomic E-state index is -3.49. The molecule has 4 rings (SSSR count). The highest BCUT2D eigenvalue weighted by Gasteiger charge is 2.32. The predicted molar refractivity (Wildman–Crippen MR) is 111 cm³/mol. The van der Waals surface area contributed by atoms with Crippen molar-refractivity contribution in [3.05, 3.63) is 64.5 Å². The minimum absolute atomic E-state index is 0.0507. The standard InChI is InChI=1S/C21H22ClN3O3S/c1-14-3-8-19(13-15(14)2)29(26,27)25-11-9-17(10-12-25)21-23-20(24-28-21)16-4-6-18(22)7-5-16/h3-8,13,17H,9-12H2,1-2H3. The van der Waals surface area contributed by atoms with Gasteiger partial charge in [-0.15, -0.1) is 0 Å². The molecule has 8 heteroatoms. The van der Waals surface area contributed by atoms with E-state index < -0.39 is 10.0 Å². The molecule has 0 aliphatic carbocycles. The largest absolute Gasteiger partial charge is 0.339 e. The van der Waals surface area contributed by atoms with E-state index in [0.717, 1.165) is 16.7 Å². The van der Waals surface area contributed by atoms with E-state index in [0.29, 0.717) is 47.6 Å². The van der Waals surface area contributed by atoms with Gasteiger partial charge in [0.2, 0.25) is 21.7 Å². The molecule has 1 aliphatic rings. The summed E-state index contributed by atoms with van der Waals surface area (Å²) in [7, 11) is -3.49. The Morgan fingerprint density at radius 2 is 1.72 bits per heavy atom. The average molecular weight is 432 g/mol. The summed E-state index contributed by atoms with van der Waals surface area (Å²) in [6, 6.07) is 12.5. The summed E-state index contributed by atoms with van der Waals surface area (Å²) >= 11 is 5.92. The Hall–Kier alpha value is -2.22. The molecule has 3 aromatic rings. The lowest BCUT2D eigenvalue weighted by atomic mass is 9.98. The van der Waals surface area contributed by atoms with Crippen LogP contribution in [0.15, 0.2) is 51.9 Å². The SMILES string of the molecule is Cc1ccc(S(=O)(=O)N2CCC(c3nc(-c4ccc(Cl)cc4)no3)CC2)cc1C. The number of aromatic nitrogens is 2. The van der Waals surface area contributed by atoms with Crippen LogP contribution in [-0.2, 0) is 10.0 Å². The molecule has 0 amide bonds. The molecule has 1 saturated heterocycles. The molecular formula is C21H22ClN3O3S. The van der Waals surface area contributed by atoms with Gasteiger partial charge in [0.25, 0.3) is 0 Å². The van der Waals surface area contributed by atoms with Gasteiger partial charge < -0.3 is 4.52 Å². The molecule has 29 heavy (non-hydrogen) atoms. The van der Waals surface area contributed by atoms with Crippen LogP contribution >= 0.6 is 11.6 Å². The van der Waals surface area contributed by atoms with Gasteiger partial charge in [0.05, 0.1) is 4.90 Å². The van der Waals surface area contributed by atoms with Crippen LogP contribution in [0.2, 0.25) is 5.02 Å². The third-order valence-corrected chi connectivity index (χ3v) is 7.61. The number of piperidine rings is 1. The quantitative estimate of drug-likeness (QED) is 0.604. The Labute approximate surface area is 175 Å². The molecule has 0 N–H and O–H groups in total. The smallest absolute Gasteiger partial charge is 0.243 e. The first kappa shape index (κ1) is 20.1. The molecule has 0 bridgehead atoms. The van der Waals surface area contributed by atoms with E-state index in [-0.39, 0.29) is 5.92 Å². The van der Waals surface area contributed by atoms with E-state index in [1.165, 1.54) is 0 Å². The molecule has 0 spiro atoms. The number of aryl methyl sites for hydroxylation is 2. The predicted octanol–water partition coefficient (Wildman–Crippen LogP) is 4.58. The Bertz CT molecular complexity index is 1120. The van der Waals surface area contributed by atoms with E-state index >= 15 is 0 Å². The fourth-order valence-electron chi connectivity index (χ4n) is 3.48. The summed E-state index contributed by atoms with van der Waals surface area (Å²) < 4.78 is 33.0. The average Bonchev–Trinajstić information content (AvgIpc) is 3.21. The highest BCUT2D eigenvalue weighted by atomic mass is 35.5. The van der Waals surface area contributed by atoms with Crippen LogP contribution < -0.4 is 0 Å².